The lowest BCUT2D eigenvalue weighted by atomic mass is 9.88. The SMILES string of the molecule is Cc1ccc(S(=O)(=O)[N-][C@@H]2CCCCC2N2CCC([NH+]3CCCC3)CC2)cc1. The van der Waals surface area contributed by atoms with E-state index in [2.05, 4.69) is 9.62 Å². The van der Waals surface area contributed by atoms with E-state index in [1.165, 1.54) is 45.2 Å². The summed E-state index contributed by atoms with van der Waals surface area (Å²) < 4.78 is 30.2. The van der Waals surface area contributed by atoms with Gasteiger partial charge in [0.05, 0.1) is 19.1 Å². The van der Waals surface area contributed by atoms with Crippen molar-refractivity contribution in [3.05, 3.63) is 34.6 Å². The Labute approximate surface area is 170 Å². The number of quaternary nitrogens is 1. The van der Waals surface area contributed by atoms with Crippen molar-refractivity contribution in [2.75, 3.05) is 26.2 Å². The van der Waals surface area contributed by atoms with E-state index in [4.69, 9.17) is 0 Å². The first-order chi connectivity index (χ1) is 13.5. The highest BCUT2D eigenvalue weighted by molar-refractivity contribution is 7.94. The number of rotatable bonds is 5. The van der Waals surface area contributed by atoms with E-state index in [0.717, 1.165) is 44.0 Å². The molecule has 2 atom stereocenters. The summed E-state index contributed by atoms with van der Waals surface area (Å²) in [5.41, 5.74) is 1.07. The third-order valence-corrected chi connectivity index (χ3v) is 8.52. The summed E-state index contributed by atoms with van der Waals surface area (Å²) >= 11 is 0. The molecular formula is C22H35N3O2S. The van der Waals surface area contributed by atoms with Crippen LogP contribution in [0.15, 0.2) is 29.2 Å². The van der Waals surface area contributed by atoms with Gasteiger partial charge in [-0.25, -0.2) is 8.42 Å². The standard InChI is InChI=1S/C22H34N3O2S/c1-18-8-10-20(11-9-18)28(26,27)23-21-6-2-3-7-22(21)25-16-12-19(13-17-25)24-14-4-5-15-24/h8-11,19,21-22H,2-7,12-17H2,1H3/q-1/p+1/t21-,22?/m1/s1. The first kappa shape index (κ1) is 20.3. The molecule has 4 rings (SSSR count). The van der Waals surface area contributed by atoms with Crippen LogP contribution in [-0.4, -0.2) is 57.6 Å². The minimum atomic E-state index is -3.58. The Morgan fingerprint density at radius 3 is 2.25 bits per heavy atom. The second-order valence-corrected chi connectivity index (χ2v) is 10.6. The molecule has 3 aliphatic rings. The third-order valence-electron chi connectivity index (χ3n) is 7.11. The molecule has 0 spiro atoms. The molecule has 1 aliphatic carbocycles. The van der Waals surface area contributed by atoms with Crippen molar-refractivity contribution in [3.63, 3.8) is 0 Å². The molecule has 0 aromatic heterocycles. The van der Waals surface area contributed by atoms with E-state index in [0.29, 0.717) is 10.9 Å². The van der Waals surface area contributed by atoms with E-state index in [9.17, 15) is 8.42 Å². The maximum Gasteiger partial charge on any atom is 0.101 e. The van der Waals surface area contributed by atoms with Crippen molar-refractivity contribution in [2.24, 2.45) is 0 Å². The number of nitrogens with one attached hydrogen (secondary N) is 1. The Bertz CT molecular complexity index is 736. The third kappa shape index (κ3) is 4.61. The molecule has 1 aromatic carbocycles. The minimum Gasteiger partial charge on any atom is -0.541 e. The van der Waals surface area contributed by atoms with Gasteiger partial charge in [0.2, 0.25) is 0 Å². The number of likely N-dealkylation sites (tertiary alicyclic amines) is 2. The Morgan fingerprint density at radius 2 is 1.57 bits per heavy atom. The van der Waals surface area contributed by atoms with Crippen LogP contribution in [0.3, 0.4) is 0 Å². The van der Waals surface area contributed by atoms with Gasteiger partial charge in [0.25, 0.3) is 0 Å². The van der Waals surface area contributed by atoms with Gasteiger partial charge in [-0.05, 0) is 31.5 Å². The monoisotopic (exact) mass is 405 g/mol. The van der Waals surface area contributed by atoms with Gasteiger partial charge in [-0.2, -0.15) is 0 Å². The lowest BCUT2D eigenvalue weighted by Crippen LogP contribution is -3.14. The van der Waals surface area contributed by atoms with Crippen molar-refractivity contribution in [2.45, 2.75) is 81.3 Å². The molecule has 2 saturated heterocycles. The second-order valence-electron chi connectivity index (χ2n) is 8.99. The van der Waals surface area contributed by atoms with Crippen LogP contribution in [0.4, 0.5) is 0 Å². The van der Waals surface area contributed by atoms with Crippen LogP contribution in [0, 0.1) is 6.92 Å². The predicted molar refractivity (Wildman–Crippen MR) is 112 cm³/mol. The van der Waals surface area contributed by atoms with E-state index in [1.807, 2.05) is 24.0 Å². The number of hydrogen-bond donors (Lipinski definition) is 1. The average Bonchev–Trinajstić information content (AvgIpc) is 3.23. The van der Waals surface area contributed by atoms with Gasteiger partial charge in [-0.1, -0.05) is 37.0 Å². The molecule has 2 aliphatic heterocycles. The average molecular weight is 406 g/mol. The van der Waals surface area contributed by atoms with Gasteiger partial charge in [0.1, 0.15) is 10.0 Å². The molecule has 3 fully saturated rings. The van der Waals surface area contributed by atoms with Crippen molar-refractivity contribution in [1.82, 2.24) is 4.90 Å². The number of nitrogens with zero attached hydrogens (tertiary/aromatic N) is 2. The first-order valence-electron chi connectivity index (χ1n) is 11.2. The van der Waals surface area contributed by atoms with Crippen LogP contribution >= 0.6 is 0 Å². The molecule has 2 heterocycles. The molecule has 6 heteroatoms. The largest absolute Gasteiger partial charge is 0.541 e. The van der Waals surface area contributed by atoms with E-state index in [1.54, 1.807) is 12.1 Å². The molecule has 0 radical (unpaired) electrons. The molecule has 28 heavy (non-hydrogen) atoms. The van der Waals surface area contributed by atoms with Crippen molar-refractivity contribution >= 4 is 10.0 Å². The zero-order valence-electron chi connectivity index (χ0n) is 17.1. The summed E-state index contributed by atoms with van der Waals surface area (Å²) in [6.07, 6.45) is 9.53. The van der Waals surface area contributed by atoms with Crippen molar-refractivity contribution in [3.8, 4) is 0 Å². The Hall–Kier alpha value is -0.950. The quantitative estimate of drug-likeness (QED) is 0.819. The topological polar surface area (TPSA) is 55.9 Å². The summed E-state index contributed by atoms with van der Waals surface area (Å²) in [5, 5.41) is 0. The van der Waals surface area contributed by atoms with Crippen LogP contribution in [0.25, 0.3) is 4.72 Å². The van der Waals surface area contributed by atoms with Crippen molar-refractivity contribution < 1.29 is 13.3 Å². The van der Waals surface area contributed by atoms with Gasteiger partial charge in [0, 0.05) is 43.7 Å². The van der Waals surface area contributed by atoms with Gasteiger partial charge in [-0.15, -0.1) is 6.04 Å². The van der Waals surface area contributed by atoms with Crippen LogP contribution in [0.2, 0.25) is 0 Å². The van der Waals surface area contributed by atoms with E-state index in [-0.39, 0.29) is 6.04 Å². The fourth-order valence-corrected chi connectivity index (χ4v) is 6.67. The summed E-state index contributed by atoms with van der Waals surface area (Å²) in [5.74, 6) is 0. The van der Waals surface area contributed by atoms with Gasteiger partial charge < -0.3 is 14.5 Å². The van der Waals surface area contributed by atoms with Crippen LogP contribution in [0.5, 0.6) is 0 Å². The lowest BCUT2D eigenvalue weighted by Gasteiger charge is -2.49. The van der Waals surface area contributed by atoms with Gasteiger partial charge >= 0.3 is 0 Å². The zero-order chi connectivity index (χ0) is 19.6. The fourth-order valence-electron chi connectivity index (χ4n) is 5.47. The Balaban J connectivity index is 1.40. The first-order valence-corrected chi connectivity index (χ1v) is 12.6. The number of benzene rings is 1. The zero-order valence-corrected chi connectivity index (χ0v) is 18.0. The smallest absolute Gasteiger partial charge is 0.101 e. The highest BCUT2D eigenvalue weighted by Gasteiger charge is 2.34. The minimum absolute atomic E-state index is 0.0873. The maximum absolute atomic E-state index is 12.9. The highest BCUT2D eigenvalue weighted by atomic mass is 32.2. The summed E-state index contributed by atoms with van der Waals surface area (Å²) in [7, 11) is -3.58. The van der Waals surface area contributed by atoms with Crippen molar-refractivity contribution in [1.29, 1.82) is 0 Å². The van der Waals surface area contributed by atoms with E-state index >= 15 is 0 Å². The van der Waals surface area contributed by atoms with E-state index < -0.39 is 10.0 Å². The molecule has 1 unspecified atom stereocenters. The summed E-state index contributed by atoms with van der Waals surface area (Å²) in [4.78, 5) is 4.70. The number of sulfonamides is 1. The molecule has 5 nitrogen and oxygen atoms in total. The molecule has 1 aromatic rings. The van der Waals surface area contributed by atoms with Gasteiger partial charge in [-0.3, -0.25) is 0 Å². The lowest BCUT2D eigenvalue weighted by molar-refractivity contribution is -0.914. The number of aryl methyl sites for hydroxylation is 1. The fraction of sp³-hybridized carbons (Fsp3) is 0.727. The summed E-state index contributed by atoms with van der Waals surface area (Å²) in [6.45, 7) is 6.88. The number of hydrogen-bond acceptors (Lipinski definition) is 3. The van der Waals surface area contributed by atoms with Gasteiger partial charge in [0.15, 0.2) is 0 Å². The normalized spacial score (nSPS) is 28.6. The molecule has 1 N–H and O–H groups in total. The second kappa shape index (κ2) is 8.82. The van der Waals surface area contributed by atoms with Crippen LogP contribution < -0.4 is 4.90 Å². The molecule has 156 valence electrons. The molecule has 0 bridgehead atoms. The Kier molecular flexibility index (Phi) is 6.40. The Morgan fingerprint density at radius 1 is 0.929 bits per heavy atom. The predicted octanol–water partition coefficient (Wildman–Crippen LogP) is 2.51. The van der Waals surface area contributed by atoms with Crippen LogP contribution in [0.1, 0.15) is 56.9 Å². The molecule has 0 amide bonds. The highest BCUT2D eigenvalue weighted by Crippen LogP contribution is 2.33. The maximum atomic E-state index is 12.9. The summed E-state index contributed by atoms with van der Waals surface area (Å²) in [6, 6.07) is 8.11. The molecule has 1 saturated carbocycles. The van der Waals surface area contributed by atoms with Crippen LogP contribution in [-0.2, 0) is 10.0 Å². The number of piperidine rings is 1. The molecular weight excluding hydrogens is 370 g/mol.